The van der Waals surface area contributed by atoms with Crippen LogP contribution in [0, 0.1) is 5.82 Å². The molecule has 0 aliphatic carbocycles. The van der Waals surface area contributed by atoms with Crippen LogP contribution in [0.25, 0.3) is 0 Å². The Bertz CT molecular complexity index is 622. The van der Waals surface area contributed by atoms with Gasteiger partial charge in [0.1, 0.15) is 17.3 Å². The number of hydrogen-bond acceptors (Lipinski definition) is 2. The van der Waals surface area contributed by atoms with Crippen LogP contribution in [0.15, 0.2) is 39.3 Å². The summed E-state index contributed by atoms with van der Waals surface area (Å²) >= 11 is 12.3. The van der Waals surface area contributed by atoms with E-state index in [0.29, 0.717) is 22.5 Å². The fraction of sp³-hybridized carbons (Fsp3) is 0.0769. The molecular formula is C13H9Br2ClFNO. The number of benzene rings is 2. The predicted molar refractivity (Wildman–Crippen MR) is 81.2 cm³/mol. The molecule has 0 unspecified atom stereocenters. The highest BCUT2D eigenvalue weighted by Crippen LogP contribution is 2.35. The summed E-state index contributed by atoms with van der Waals surface area (Å²) < 4.78 is 20.6. The van der Waals surface area contributed by atoms with Gasteiger partial charge in [0, 0.05) is 22.6 Å². The Morgan fingerprint density at radius 2 is 1.89 bits per heavy atom. The number of halogens is 4. The zero-order valence-corrected chi connectivity index (χ0v) is 13.5. The van der Waals surface area contributed by atoms with Gasteiger partial charge in [-0.15, -0.1) is 0 Å². The smallest absolute Gasteiger partial charge is 0.145 e. The van der Waals surface area contributed by atoms with E-state index in [1.807, 2.05) is 12.1 Å². The van der Waals surface area contributed by atoms with Crippen LogP contribution in [0.4, 0.5) is 4.39 Å². The highest BCUT2D eigenvalue weighted by Gasteiger charge is 2.11. The molecule has 2 nitrogen and oxygen atoms in total. The summed E-state index contributed by atoms with van der Waals surface area (Å²) in [6, 6.07) is 8.14. The zero-order valence-electron chi connectivity index (χ0n) is 9.59. The van der Waals surface area contributed by atoms with Crippen molar-refractivity contribution in [1.82, 2.24) is 0 Å². The summed E-state index contributed by atoms with van der Waals surface area (Å²) in [5.74, 6) is 0.387. The third-order valence-corrected chi connectivity index (χ3v) is 3.84. The van der Waals surface area contributed by atoms with Gasteiger partial charge in [0.05, 0.1) is 9.50 Å². The molecule has 0 radical (unpaired) electrons. The third kappa shape index (κ3) is 3.48. The standard InChI is InChI=1S/C13H9Br2ClFNO/c14-8-1-2-12(7(3-8)6-18)19-13-5-11(17)10(16)4-9(13)15/h1-5H,6,18H2. The maximum absolute atomic E-state index is 13.4. The van der Waals surface area contributed by atoms with Crippen molar-refractivity contribution < 1.29 is 9.13 Å². The molecule has 0 saturated heterocycles. The number of hydrogen-bond donors (Lipinski definition) is 1. The lowest BCUT2D eigenvalue weighted by atomic mass is 10.2. The lowest BCUT2D eigenvalue weighted by molar-refractivity contribution is 0.468. The average molecular weight is 409 g/mol. The van der Waals surface area contributed by atoms with Crippen LogP contribution in [-0.4, -0.2) is 0 Å². The molecule has 2 N–H and O–H groups in total. The number of rotatable bonds is 3. The van der Waals surface area contributed by atoms with Crippen LogP contribution in [0.5, 0.6) is 11.5 Å². The lowest BCUT2D eigenvalue weighted by Gasteiger charge is -2.12. The summed E-state index contributed by atoms with van der Waals surface area (Å²) in [6.45, 7) is 0.322. The minimum absolute atomic E-state index is 0.0362. The molecule has 0 heterocycles. The van der Waals surface area contributed by atoms with Crippen molar-refractivity contribution in [1.29, 1.82) is 0 Å². The van der Waals surface area contributed by atoms with Gasteiger partial charge in [-0.3, -0.25) is 0 Å². The van der Waals surface area contributed by atoms with E-state index >= 15 is 0 Å². The Hall–Kier alpha value is -0.620. The first kappa shape index (κ1) is 14.8. The van der Waals surface area contributed by atoms with Gasteiger partial charge >= 0.3 is 0 Å². The van der Waals surface area contributed by atoms with Crippen LogP contribution in [0.1, 0.15) is 5.56 Å². The normalized spacial score (nSPS) is 10.6. The molecule has 0 bridgehead atoms. The second kappa shape index (κ2) is 6.22. The van der Waals surface area contributed by atoms with Gasteiger partial charge in [-0.25, -0.2) is 4.39 Å². The van der Waals surface area contributed by atoms with Gasteiger partial charge < -0.3 is 10.5 Å². The fourth-order valence-electron chi connectivity index (χ4n) is 1.51. The average Bonchev–Trinajstić information content (AvgIpc) is 2.37. The van der Waals surface area contributed by atoms with Crippen molar-refractivity contribution in [2.24, 2.45) is 5.73 Å². The minimum Gasteiger partial charge on any atom is -0.456 e. The third-order valence-electron chi connectivity index (χ3n) is 2.44. The van der Waals surface area contributed by atoms with Gasteiger partial charge in [-0.1, -0.05) is 27.5 Å². The van der Waals surface area contributed by atoms with E-state index in [0.717, 1.165) is 10.0 Å². The fourth-order valence-corrected chi connectivity index (χ4v) is 2.64. The molecule has 0 aliphatic rings. The molecule has 0 atom stereocenters. The van der Waals surface area contributed by atoms with Crippen molar-refractivity contribution in [3.8, 4) is 11.5 Å². The van der Waals surface area contributed by atoms with Crippen LogP contribution >= 0.6 is 43.5 Å². The Morgan fingerprint density at radius 3 is 2.58 bits per heavy atom. The van der Waals surface area contributed by atoms with E-state index in [-0.39, 0.29) is 5.02 Å². The summed E-state index contributed by atoms with van der Waals surface area (Å²) in [5, 5.41) is 0.0362. The molecule has 0 amide bonds. The molecule has 0 aromatic heterocycles. The van der Waals surface area contributed by atoms with Crippen LogP contribution < -0.4 is 10.5 Å². The zero-order chi connectivity index (χ0) is 14.0. The van der Waals surface area contributed by atoms with Crippen molar-refractivity contribution in [3.63, 3.8) is 0 Å². The Balaban J connectivity index is 2.39. The first-order chi connectivity index (χ1) is 9.01. The summed E-state index contributed by atoms with van der Waals surface area (Å²) in [4.78, 5) is 0. The van der Waals surface area contributed by atoms with E-state index in [4.69, 9.17) is 22.1 Å². The second-order valence-corrected chi connectivity index (χ2v) is 5.93. The van der Waals surface area contributed by atoms with Gasteiger partial charge in [0.25, 0.3) is 0 Å². The van der Waals surface area contributed by atoms with E-state index in [1.165, 1.54) is 12.1 Å². The molecule has 2 aromatic carbocycles. The van der Waals surface area contributed by atoms with E-state index in [2.05, 4.69) is 31.9 Å². The molecule has 6 heteroatoms. The van der Waals surface area contributed by atoms with Crippen LogP contribution in [-0.2, 0) is 6.54 Å². The Labute approximate surface area is 132 Å². The molecule has 2 aromatic rings. The number of ether oxygens (including phenoxy) is 1. The van der Waals surface area contributed by atoms with Gasteiger partial charge in [0.15, 0.2) is 0 Å². The van der Waals surface area contributed by atoms with E-state index in [1.54, 1.807) is 6.07 Å². The largest absolute Gasteiger partial charge is 0.456 e. The highest BCUT2D eigenvalue weighted by molar-refractivity contribution is 9.10. The first-order valence-electron chi connectivity index (χ1n) is 5.32. The van der Waals surface area contributed by atoms with E-state index in [9.17, 15) is 4.39 Å². The van der Waals surface area contributed by atoms with Crippen molar-refractivity contribution in [3.05, 3.63) is 55.7 Å². The molecule has 0 fully saturated rings. The summed E-state index contributed by atoms with van der Waals surface area (Å²) in [5.41, 5.74) is 6.47. The van der Waals surface area contributed by atoms with Gasteiger partial charge in [-0.2, -0.15) is 0 Å². The minimum atomic E-state index is -0.536. The topological polar surface area (TPSA) is 35.2 Å². The van der Waals surface area contributed by atoms with Crippen molar-refractivity contribution >= 4 is 43.5 Å². The molecule has 100 valence electrons. The van der Waals surface area contributed by atoms with Crippen molar-refractivity contribution in [2.75, 3.05) is 0 Å². The quantitative estimate of drug-likeness (QED) is 0.703. The maximum Gasteiger partial charge on any atom is 0.145 e. The highest BCUT2D eigenvalue weighted by atomic mass is 79.9. The Morgan fingerprint density at radius 1 is 1.16 bits per heavy atom. The Kier molecular flexibility index (Phi) is 4.84. The molecule has 0 spiro atoms. The van der Waals surface area contributed by atoms with Crippen LogP contribution in [0.3, 0.4) is 0 Å². The first-order valence-corrected chi connectivity index (χ1v) is 7.28. The maximum atomic E-state index is 13.4. The van der Waals surface area contributed by atoms with E-state index < -0.39 is 5.82 Å². The molecule has 0 saturated carbocycles. The van der Waals surface area contributed by atoms with Gasteiger partial charge in [0.2, 0.25) is 0 Å². The van der Waals surface area contributed by atoms with Crippen molar-refractivity contribution in [2.45, 2.75) is 6.54 Å². The lowest BCUT2D eigenvalue weighted by Crippen LogP contribution is -2.00. The predicted octanol–water partition coefficient (Wildman–Crippen LogP) is 5.26. The summed E-state index contributed by atoms with van der Waals surface area (Å²) in [7, 11) is 0. The molecule has 2 rings (SSSR count). The molecule has 19 heavy (non-hydrogen) atoms. The number of nitrogens with two attached hydrogens (primary N) is 1. The SMILES string of the molecule is NCc1cc(Br)ccc1Oc1cc(F)c(Cl)cc1Br. The van der Waals surface area contributed by atoms with Crippen LogP contribution in [0.2, 0.25) is 5.02 Å². The molecular weight excluding hydrogens is 400 g/mol. The molecule has 0 aliphatic heterocycles. The monoisotopic (exact) mass is 407 g/mol. The van der Waals surface area contributed by atoms with Gasteiger partial charge in [-0.05, 0) is 40.2 Å². The summed E-state index contributed by atoms with van der Waals surface area (Å²) in [6.07, 6.45) is 0. The second-order valence-electron chi connectivity index (χ2n) is 3.75.